The van der Waals surface area contributed by atoms with Crippen molar-refractivity contribution in [3.8, 4) is 11.4 Å². The minimum absolute atomic E-state index is 0.247. The maximum atomic E-state index is 12.8. The SMILES string of the molecule is CC(C)c1ccnc(-c2ccc(F)cc2)n1. The molecule has 2 nitrogen and oxygen atoms in total. The van der Waals surface area contributed by atoms with Gasteiger partial charge in [0.05, 0.1) is 0 Å². The summed E-state index contributed by atoms with van der Waals surface area (Å²) in [5.41, 5.74) is 1.83. The fourth-order valence-electron chi connectivity index (χ4n) is 1.43. The summed E-state index contributed by atoms with van der Waals surface area (Å²) >= 11 is 0. The predicted molar refractivity (Wildman–Crippen MR) is 61.5 cm³/mol. The Bertz CT molecular complexity index is 478. The molecule has 1 aromatic carbocycles. The van der Waals surface area contributed by atoms with Gasteiger partial charge in [-0.3, -0.25) is 0 Å². The molecule has 0 saturated carbocycles. The van der Waals surface area contributed by atoms with Crippen LogP contribution in [0.15, 0.2) is 36.5 Å². The molecule has 3 heteroatoms. The topological polar surface area (TPSA) is 25.8 Å². The average molecular weight is 216 g/mol. The van der Waals surface area contributed by atoms with Gasteiger partial charge in [0.15, 0.2) is 5.82 Å². The van der Waals surface area contributed by atoms with Crippen molar-refractivity contribution >= 4 is 0 Å². The van der Waals surface area contributed by atoms with Crippen LogP contribution < -0.4 is 0 Å². The van der Waals surface area contributed by atoms with Crippen molar-refractivity contribution in [1.29, 1.82) is 0 Å². The van der Waals surface area contributed by atoms with Gasteiger partial charge in [0, 0.05) is 17.5 Å². The normalized spacial score (nSPS) is 10.8. The van der Waals surface area contributed by atoms with Crippen LogP contribution in [0.3, 0.4) is 0 Å². The Morgan fingerprint density at radius 2 is 1.75 bits per heavy atom. The Hall–Kier alpha value is -1.77. The fraction of sp³-hybridized carbons (Fsp3) is 0.231. The van der Waals surface area contributed by atoms with Gasteiger partial charge in [-0.05, 0) is 36.2 Å². The minimum atomic E-state index is -0.247. The number of rotatable bonds is 2. The van der Waals surface area contributed by atoms with Gasteiger partial charge in [0.2, 0.25) is 0 Å². The van der Waals surface area contributed by atoms with E-state index in [2.05, 4.69) is 23.8 Å². The summed E-state index contributed by atoms with van der Waals surface area (Å²) in [5.74, 6) is 0.761. The summed E-state index contributed by atoms with van der Waals surface area (Å²) < 4.78 is 12.8. The van der Waals surface area contributed by atoms with Gasteiger partial charge in [-0.1, -0.05) is 13.8 Å². The molecule has 2 aromatic rings. The van der Waals surface area contributed by atoms with Gasteiger partial charge in [-0.15, -0.1) is 0 Å². The van der Waals surface area contributed by atoms with Gasteiger partial charge in [0.25, 0.3) is 0 Å². The first-order valence-electron chi connectivity index (χ1n) is 5.25. The molecule has 0 fully saturated rings. The number of aromatic nitrogens is 2. The van der Waals surface area contributed by atoms with Crippen molar-refractivity contribution in [1.82, 2.24) is 9.97 Å². The van der Waals surface area contributed by atoms with E-state index in [4.69, 9.17) is 0 Å². The third kappa shape index (κ3) is 2.24. The third-order valence-electron chi connectivity index (χ3n) is 2.37. The smallest absolute Gasteiger partial charge is 0.159 e. The molecule has 0 aliphatic rings. The number of hydrogen-bond acceptors (Lipinski definition) is 2. The number of hydrogen-bond donors (Lipinski definition) is 0. The molecule has 0 bridgehead atoms. The molecule has 0 atom stereocenters. The van der Waals surface area contributed by atoms with Crippen LogP contribution in [0.1, 0.15) is 25.5 Å². The van der Waals surface area contributed by atoms with Crippen LogP contribution in [0.25, 0.3) is 11.4 Å². The van der Waals surface area contributed by atoms with E-state index in [0.717, 1.165) is 11.3 Å². The molecule has 0 spiro atoms. The standard InChI is InChI=1S/C13H13FN2/c1-9(2)12-7-8-15-13(16-12)10-3-5-11(14)6-4-10/h3-9H,1-2H3. The average Bonchev–Trinajstić information content (AvgIpc) is 2.30. The number of halogens is 1. The van der Waals surface area contributed by atoms with Crippen LogP contribution in [-0.2, 0) is 0 Å². The van der Waals surface area contributed by atoms with E-state index in [9.17, 15) is 4.39 Å². The molecule has 16 heavy (non-hydrogen) atoms. The lowest BCUT2D eigenvalue weighted by Gasteiger charge is -2.06. The highest BCUT2D eigenvalue weighted by Crippen LogP contribution is 2.18. The van der Waals surface area contributed by atoms with Crippen LogP contribution in [0, 0.1) is 5.82 Å². The maximum Gasteiger partial charge on any atom is 0.159 e. The van der Waals surface area contributed by atoms with Crippen LogP contribution in [0.5, 0.6) is 0 Å². The second-order valence-corrected chi connectivity index (χ2v) is 3.97. The molecule has 0 amide bonds. The van der Waals surface area contributed by atoms with Crippen molar-refractivity contribution < 1.29 is 4.39 Å². The summed E-state index contributed by atoms with van der Waals surface area (Å²) in [7, 11) is 0. The molecule has 82 valence electrons. The molecule has 0 N–H and O–H groups in total. The lowest BCUT2D eigenvalue weighted by molar-refractivity contribution is 0.628. The highest BCUT2D eigenvalue weighted by Gasteiger charge is 2.05. The summed E-state index contributed by atoms with van der Waals surface area (Å²) in [5, 5.41) is 0. The Kier molecular flexibility index (Phi) is 2.95. The molecular weight excluding hydrogens is 203 g/mol. The Morgan fingerprint density at radius 1 is 1.06 bits per heavy atom. The second kappa shape index (κ2) is 4.39. The van der Waals surface area contributed by atoms with E-state index in [0.29, 0.717) is 11.7 Å². The lowest BCUT2D eigenvalue weighted by Crippen LogP contribution is -1.96. The number of nitrogens with zero attached hydrogens (tertiary/aromatic N) is 2. The van der Waals surface area contributed by atoms with Crippen molar-refractivity contribution in [3.63, 3.8) is 0 Å². The van der Waals surface area contributed by atoms with Gasteiger partial charge >= 0.3 is 0 Å². The minimum Gasteiger partial charge on any atom is -0.237 e. The van der Waals surface area contributed by atoms with Gasteiger partial charge in [-0.2, -0.15) is 0 Å². The lowest BCUT2D eigenvalue weighted by atomic mass is 10.1. The van der Waals surface area contributed by atoms with E-state index in [1.165, 1.54) is 12.1 Å². The zero-order valence-electron chi connectivity index (χ0n) is 9.31. The monoisotopic (exact) mass is 216 g/mol. The van der Waals surface area contributed by atoms with Crippen LogP contribution in [-0.4, -0.2) is 9.97 Å². The molecular formula is C13H13FN2. The molecule has 0 aliphatic heterocycles. The summed E-state index contributed by atoms with van der Waals surface area (Å²) in [4.78, 5) is 8.63. The van der Waals surface area contributed by atoms with Crippen LogP contribution in [0.4, 0.5) is 4.39 Å². The van der Waals surface area contributed by atoms with Crippen molar-refractivity contribution in [2.45, 2.75) is 19.8 Å². The third-order valence-corrected chi connectivity index (χ3v) is 2.37. The van der Waals surface area contributed by atoms with E-state index >= 15 is 0 Å². The largest absolute Gasteiger partial charge is 0.237 e. The van der Waals surface area contributed by atoms with Gasteiger partial charge in [0.1, 0.15) is 5.82 Å². The Balaban J connectivity index is 2.40. The first-order chi connectivity index (χ1) is 7.66. The molecule has 1 aromatic heterocycles. The molecule has 2 rings (SSSR count). The van der Waals surface area contributed by atoms with E-state index in [1.807, 2.05) is 6.07 Å². The maximum absolute atomic E-state index is 12.8. The summed E-state index contributed by atoms with van der Waals surface area (Å²) in [6.45, 7) is 4.16. The molecule has 1 heterocycles. The molecule has 0 aliphatic carbocycles. The summed E-state index contributed by atoms with van der Waals surface area (Å²) in [6, 6.07) is 8.11. The zero-order valence-corrected chi connectivity index (χ0v) is 9.31. The highest BCUT2D eigenvalue weighted by molar-refractivity contribution is 5.54. The van der Waals surface area contributed by atoms with Crippen LogP contribution >= 0.6 is 0 Å². The van der Waals surface area contributed by atoms with Crippen molar-refractivity contribution in [2.24, 2.45) is 0 Å². The summed E-state index contributed by atoms with van der Waals surface area (Å²) in [6.07, 6.45) is 1.74. The van der Waals surface area contributed by atoms with Gasteiger partial charge in [-0.25, -0.2) is 14.4 Å². The molecule has 0 unspecified atom stereocenters. The van der Waals surface area contributed by atoms with Gasteiger partial charge < -0.3 is 0 Å². The Labute approximate surface area is 94.2 Å². The second-order valence-electron chi connectivity index (χ2n) is 3.97. The first kappa shape index (κ1) is 10.7. The first-order valence-corrected chi connectivity index (χ1v) is 5.25. The van der Waals surface area contributed by atoms with Crippen molar-refractivity contribution in [3.05, 3.63) is 48.0 Å². The van der Waals surface area contributed by atoms with E-state index < -0.39 is 0 Å². The van der Waals surface area contributed by atoms with Crippen LogP contribution in [0.2, 0.25) is 0 Å². The Morgan fingerprint density at radius 3 is 2.38 bits per heavy atom. The molecule has 0 saturated heterocycles. The molecule has 0 radical (unpaired) electrons. The van der Waals surface area contributed by atoms with E-state index in [-0.39, 0.29) is 5.82 Å². The predicted octanol–water partition coefficient (Wildman–Crippen LogP) is 3.41. The highest BCUT2D eigenvalue weighted by atomic mass is 19.1. The number of benzene rings is 1. The zero-order chi connectivity index (χ0) is 11.5. The quantitative estimate of drug-likeness (QED) is 0.768. The van der Waals surface area contributed by atoms with Crippen molar-refractivity contribution in [2.75, 3.05) is 0 Å². The van der Waals surface area contributed by atoms with E-state index in [1.54, 1.807) is 18.3 Å². The fourth-order valence-corrected chi connectivity index (χ4v) is 1.43.